The lowest BCUT2D eigenvalue weighted by Crippen LogP contribution is -3.00. The van der Waals surface area contributed by atoms with Gasteiger partial charge in [0.2, 0.25) is 12.5 Å². The second-order valence-corrected chi connectivity index (χ2v) is 6.05. The molecule has 0 atom stereocenters. The van der Waals surface area contributed by atoms with Crippen LogP contribution in [0.1, 0.15) is 5.56 Å². The molecule has 0 amide bonds. The highest BCUT2D eigenvalue weighted by Gasteiger charge is 2.28. The van der Waals surface area contributed by atoms with Crippen molar-refractivity contribution >= 4 is 10.8 Å². The quantitative estimate of drug-likeness (QED) is 0.583. The van der Waals surface area contributed by atoms with E-state index in [9.17, 15) is 4.39 Å². The first-order chi connectivity index (χ1) is 11.7. The van der Waals surface area contributed by atoms with Crippen molar-refractivity contribution in [1.82, 2.24) is 0 Å². The normalized spacial score (nSPS) is 13.8. The molecule has 0 N–H and O–H groups in total. The summed E-state index contributed by atoms with van der Waals surface area (Å²) in [6.45, 7) is 1.06. The molecule has 0 saturated carbocycles. The highest BCUT2D eigenvalue weighted by molar-refractivity contribution is 5.86. The van der Waals surface area contributed by atoms with Crippen molar-refractivity contribution in [3.05, 3.63) is 47.9 Å². The Hall–Kier alpha value is -2.53. The number of hydrogen-bond donors (Lipinski definition) is 0. The van der Waals surface area contributed by atoms with Crippen molar-refractivity contribution in [3.8, 4) is 28.5 Å². The maximum atomic E-state index is 14.5. The molecule has 0 spiro atoms. The van der Waals surface area contributed by atoms with Crippen molar-refractivity contribution in [2.24, 2.45) is 0 Å². The van der Waals surface area contributed by atoms with Gasteiger partial charge in [0.25, 0.3) is 0 Å². The summed E-state index contributed by atoms with van der Waals surface area (Å²) in [6.07, 6.45) is 2.75. The number of pyridine rings is 1. The minimum Gasteiger partial charge on any atom is -1.00 e. The van der Waals surface area contributed by atoms with E-state index in [1.807, 2.05) is 24.4 Å². The Morgan fingerprint density at radius 3 is 2.72 bits per heavy atom. The monoisotopic (exact) mass is 359 g/mol. The van der Waals surface area contributed by atoms with Gasteiger partial charge in [-0.25, -0.2) is 4.39 Å². The first kappa shape index (κ1) is 16.0. The summed E-state index contributed by atoms with van der Waals surface area (Å²) in [5.41, 5.74) is 3.41. The van der Waals surface area contributed by atoms with Gasteiger partial charge >= 0.3 is 0 Å². The van der Waals surface area contributed by atoms with Crippen LogP contribution < -0.4 is 31.2 Å². The number of halogens is 2. The van der Waals surface area contributed by atoms with Crippen molar-refractivity contribution in [2.75, 3.05) is 13.9 Å². The van der Waals surface area contributed by atoms with Crippen LogP contribution in [0.15, 0.2) is 36.5 Å². The van der Waals surface area contributed by atoms with Gasteiger partial charge in [-0.2, -0.15) is 4.57 Å². The molecule has 3 aromatic rings. The second-order valence-electron chi connectivity index (χ2n) is 6.05. The van der Waals surface area contributed by atoms with Gasteiger partial charge in [0.1, 0.15) is 0 Å². The molecule has 2 aromatic carbocycles. The number of nitrogens with zero attached hydrogens (tertiary/aromatic N) is 1. The molecule has 0 radical (unpaired) electrons. The van der Waals surface area contributed by atoms with E-state index in [0.29, 0.717) is 5.39 Å². The van der Waals surface area contributed by atoms with Crippen molar-refractivity contribution < 1.29 is 35.6 Å². The number of ether oxygens (including phenoxy) is 3. The fourth-order valence-electron chi connectivity index (χ4n) is 3.55. The lowest BCUT2D eigenvalue weighted by atomic mass is 9.95. The highest BCUT2D eigenvalue weighted by Crippen LogP contribution is 2.40. The Balaban J connectivity index is 0.00000157. The van der Waals surface area contributed by atoms with E-state index in [4.69, 9.17) is 14.2 Å². The Kier molecular flexibility index (Phi) is 3.69. The largest absolute Gasteiger partial charge is 1.00 e. The Morgan fingerprint density at radius 2 is 1.92 bits per heavy atom. The van der Waals surface area contributed by atoms with Crippen LogP contribution >= 0.6 is 0 Å². The van der Waals surface area contributed by atoms with Crippen molar-refractivity contribution in [3.63, 3.8) is 0 Å². The molecular formula is C19H15ClFNO3. The zero-order chi connectivity index (χ0) is 16.3. The lowest BCUT2D eigenvalue weighted by molar-refractivity contribution is -0.686. The summed E-state index contributed by atoms with van der Waals surface area (Å²) in [5.74, 6) is 1.52. The Morgan fingerprint density at radius 1 is 1.12 bits per heavy atom. The second kappa shape index (κ2) is 5.77. The zero-order valence-electron chi connectivity index (χ0n) is 13.5. The van der Waals surface area contributed by atoms with Crippen LogP contribution in [0.2, 0.25) is 0 Å². The molecule has 0 unspecified atom stereocenters. The summed E-state index contributed by atoms with van der Waals surface area (Å²) in [5, 5.41) is 1.42. The number of hydrogen-bond acceptors (Lipinski definition) is 3. The van der Waals surface area contributed by atoms with Crippen molar-refractivity contribution in [2.45, 2.75) is 13.0 Å². The number of fused-ring (bicyclic) bond motifs is 5. The smallest absolute Gasteiger partial charge is 0.231 e. The van der Waals surface area contributed by atoms with E-state index in [1.54, 1.807) is 6.07 Å². The van der Waals surface area contributed by atoms with Crippen LogP contribution in [-0.4, -0.2) is 13.9 Å². The van der Waals surface area contributed by atoms with Crippen LogP contribution in [0.25, 0.3) is 22.0 Å². The van der Waals surface area contributed by atoms with Gasteiger partial charge in [-0.1, -0.05) is 6.07 Å². The molecule has 2 aliphatic heterocycles. The number of rotatable bonds is 1. The molecule has 0 aliphatic carbocycles. The average molecular weight is 360 g/mol. The third-order valence-electron chi connectivity index (χ3n) is 4.78. The molecule has 3 heterocycles. The molecule has 4 nitrogen and oxygen atoms in total. The standard InChI is InChI=1S/C19H15FNO3.ClH/c1-22-16-3-2-11-6-15-13-8-18-17(23-10-24-18)7-12(13)4-5-21(15)9-14(11)19(16)20;/h2-3,6-9H,4-5,10H2,1H3;1H/q+1;/p-1. The van der Waals surface area contributed by atoms with Crippen LogP contribution in [0.3, 0.4) is 0 Å². The number of benzene rings is 2. The van der Waals surface area contributed by atoms with Crippen molar-refractivity contribution in [1.29, 1.82) is 0 Å². The van der Waals surface area contributed by atoms with Gasteiger partial charge in [-0.3, -0.25) is 0 Å². The van der Waals surface area contributed by atoms with E-state index >= 15 is 0 Å². The maximum Gasteiger partial charge on any atom is 0.231 e. The molecule has 5 rings (SSSR count). The Bertz CT molecular complexity index is 1010. The summed E-state index contributed by atoms with van der Waals surface area (Å²) in [4.78, 5) is 0. The fourth-order valence-corrected chi connectivity index (χ4v) is 3.55. The zero-order valence-corrected chi connectivity index (χ0v) is 14.3. The lowest BCUT2D eigenvalue weighted by Gasteiger charge is -2.16. The third kappa shape index (κ3) is 2.30. The van der Waals surface area contributed by atoms with E-state index in [1.165, 1.54) is 12.7 Å². The van der Waals surface area contributed by atoms with Gasteiger partial charge < -0.3 is 26.6 Å². The van der Waals surface area contributed by atoms with Crippen LogP contribution in [-0.2, 0) is 13.0 Å². The number of aryl methyl sites for hydroxylation is 2. The summed E-state index contributed by atoms with van der Waals surface area (Å²) >= 11 is 0. The van der Waals surface area contributed by atoms with E-state index in [2.05, 4.69) is 10.6 Å². The van der Waals surface area contributed by atoms with Gasteiger partial charge in [-0.15, -0.1) is 0 Å². The van der Waals surface area contributed by atoms with E-state index in [-0.39, 0.29) is 30.8 Å². The van der Waals surface area contributed by atoms with Crippen LogP contribution in [0.5, 0.6) is 17.2 Å². The molecule has 0 saturated heterocycles. The highest BCUT2D eigenvalue weighted by atomic mass is 35.5. The van der Waals surface area contributed by atoms with Gasteiger partial charge in [0.15, 0.2) is 35.8 Å². The van der Waals surface area contributed by atoms with E-state index < -0.39 is 0 Å². The maximum absolute atomic E-state index is 14.5. The molecule has 25 heavy (non-hydrogen) atoms. The molecule has 1 aromatic heterocycles. The minimum absolute atomic E-state index is 0. The molecule has 0 fully saturated rings. The Labute approximate surface area is 150 Å². The van der Waals surface area contributed by atoms with Gasteiger partial charge in [0, 0.05) is 12.5 Å². The summed E-state index contributed by atoms with van der Waals surface area (Å²) < 4.78 is 32.7. The topological polar surface area (TPSA) is 31.6 Å². The molecule has 2 aliphatic rings. The summed E-state index contributed by atoms with van der Waals surface area (Å²) in [7, 11) is 1.48. The first-order valence-electron chi connectivity index (χ1n) is 7.87. The van der Waals surface area contributed by atoms with Crippen LogP contribution in [0.4, 0.5) is 4.39 Å². The third-order valence-corrected chi connectivity index (χ3v) is 4.78. The molecular weight excluding hydrogens is 345 g/mol. The SMILES string of the molecule is COc1ccc2cc3[n+](cc2c1F)CCc1cc2c(cc1-3)OCO2.[Cl-]. The number of methoxy groups -OCH3 is 1. The summed E-state index contributed by atoms with van der Waals surface area (Å²) in [6, 6.07) is 9.66. The molecule has 128 valence electrons. The average Bonchev–Trinajstić information content (AvgIpc) is 3.06. The minimum atomic E-state index is -0.318. The van der Waals surface area contributed by atoms with E-state index in [0.717, 1.165) is 41.1 Å². The molecule has 6 heteroatoms. The van der Waals surface area contributed by atoms with Crippen LogP contribution in [0, 0.1) is 5.82 Å². The predicted molar refractivity (Wildman–Crippen MR) is 85.9 cm³/mol. The molecule has 0 bridgehead atoms. The predicted octanol–water partition coefficient (Wildman–Crippen LogP) is 0.231. The number of aromatic nitrogens is 1. The fraction of sp³-hybridized carbons (Fsp3) is 0.211. The van der Waals surface area contributed by atoms with Gasteiger partial charge in [-0.05, 0) is 29.1 Å². The first-order valence-corrected chi connectivity index (χ1v) is 7.87. The van der Waals surface area contributed by atoms with Gasteiger partial charge in [0.05, 0.1) is 18.1 Å².